The van der Waals surface area contributed by atoms with Crippen molar-refractivity contribution < 1.29 is 19.7 Å². The molecule has 0 aromatic heterocycles. The molecular formula is C17H36O4. The smallest absolute Gasteiger partial charge is 0.0809 e. The topological polar surface area (TPSA) is 58.9 Å². The molecule has 0 aromatic carbocycles. The molecule has 2 N–H and O–H groups in total. The van der Waals surface area contributed by atoms with Crippen LogP contribution in [-0.2, 0) is 9.47 Å². The summed E-state index contributed by atoms with van der Waals surface area (Å²) in [6.45, 7) is 12.6. The Bertz CT molecular complexity index is 247. The number of ether oxygens (including phenoxy) is 2. The van der Waals surface area contributed by atoms with Gasteiger partial charge in [-0.3, -0.25) is 0 Å². The first-order valence-corrected chi connectivity index (χ1v) is 8.54. The highest BCUT2D eigenvalue weighted by atomic mass is 16.5. The maximum Gasteiger partial charge on any atom is 0.0809 e. The molecule has 0 heterocycles. The number of rotatable bonds is 12. The number of hydrogen-bond donors (Lipinski definition) is 2. The van der Waals surface area contributed by atoms with Crippen molar-refractivity contribution in [2.24, 2.45) is 5.92 Å². The molecule has 0 saturated carbocycles. The van der Waals surface area contributed by atoms with Crippen LogP contribution in [0, 0.1) is 5.92 Å². The van der Waals surface area contributed by atoms with Gasteiger partial charge in [-0.1, -0.05) is 27.7 Å². The first-order chi connectivity index (χ1) is 9.90. The van der Waals surface area contributed by atoms with E-state index in [9.17, 15) is 10.2 Å². The Morgan fingerprint density at radius 3 is 1.71 bits per heavy atom. The largest absolute Gasteiger partial charge is 0.390 e. The SMILES string of the molecule is CCC(O)C(C)OCC(CC)C(CC)OC(C)C(O)CC. The lowest BCUT2D eigenvalue weighted by atomic mass is 9.97. The lowest BCUT2D eigenvalue weighted by Gasteiger charge is -2.31. The van der Waals surface area contributed by atoms with E-state index in [-0.39, 0.29) is 24.2 Å². The van der Waals surface area contributed by atoms with Crippen LogP contribution in [0.2, 0.25) is 0 Å². The summed E-state index contributed by atoms with van der Waals surface area (Å²) in [4.78, 5) is 0. The molecule has 4 heteroatoms. The van der Waals surface area contributed by atoms with Crippen LogP contribution in [0.1, 0.15) is 67.2 Å². The fraction of sp³-hybridized carbons (Fsp3) is 1.00. The normalized spacial score (nSPS) is 20.6. The zero-order chi connectivity index (χ0) is 16.4. The van der Waals surface area contributed by atoms with Gasteiger partial charge in [0.15, 0.2) is 0 Å². The molecule has 0 fully saturated rings. The van der Waals surface area contributed by atoms with E-state index < -0.39 is 12.2 Å². The summed E-state index contributed by atoms with van der Waals surface area (Å²) in [6.07, 6.45) is 2.19. The molecule has 0 rings (SSSR count). The minimum Gasteiger partial charge on any atom is -0.390 e. The van der Waals surface area contributed by atoms with Crippen molar-refractivity contribution in [2.45, 2.75) is 97.7 Å². The van der Waals surface area contributed by atoms with Gasteiger partial charge in [-0.2, -0.15) is 0 Å². The van der Waals surface area contributed by atoms with Crippen molar-refractivity contribution in [3.05, 3.63) is 0 Å². The molecule has 0 spiro atoms. The Balaban J connectivity index is 4.45. The molecule has 4 nitrogen and oxygen atoms in total. The van der Waals surface area contributed by atoms with Crippen LogP contribution >= 0.6 is 0 Å². The highest BCUT2D eigenvalue weighted by molar-refractivity contribution is 4.73. The van der Waals surface area contributed by atoms with E-state index in [2.05, 4.69) is 13.8 Å². The zero-order valence-electron chi connectivity index (χ0n) is 14.7. The fourth-order valence-corrected chi connectivity index (χ4v) is 2.45. The van der Waals surface area contributed by atoms with Crippen molar-refractivity contribution in [3.63, 3.8) is 0 Å². The third-order valence-corrected chi connectivity index (χ3v) is 4.34. The van der Waals surface area contributed by atoms with Crippen molar-refractivity contribution in [1.29, 1.82) is 0 Å². The summed E-state index contributed by atoms with van der Waals surface area (Å²) in [7, 11) is 0. The zero-order valence-corrected chi connectivity index (χ0v) is 14.7. The van der Waals surface area contributed by atoms with E-state index in [1.165, 1.54) is 0 Å². The van der Waals surface area contributed by atoms with Crippen molar-refractivity contribution in [1.82, 2.24) is 0 Å². The predicted octanol–water partition coefficient (Wildman–Crippen LogP) is 3.14. The molecule has 128 valence electrons. The predicted molar refractivity (Wildman–Crippen MR) is 86.4 cm³/mol. The summed E-state index contributed by atoms with van der Waals surface area (Å²) < 4.78 is 11.8. The quantitative estimate of drug-likeness (QED) is 0.581. The van der Waals surface area contributed by atoms with Crippen LogP contribution in [0.15, 0.2) is 0 Å². The number of aliphatic hydroxyl groups is 2. The molecule has 6 unspecified atom stereocenters. The molecule has 0 radical (unpaired) electrons. The second-order valence-corrected chi connectivity index (χ2v) is 5.95. The van der Waals surface area contributed by atoms with Gasteiger partial charge in [0.25, 0.3) is 0 Å². The average molecular weight is 304 g/mol. The van der Waals surface area contributed by atoms with Gasteiger partial charge >= 0.3 is 0 Å². The van der Waals surface area contributed by atoms with Crippen molar-refractivity contribution >= 4 is 0 Å². The van der Waals surface area contributed by atoms with Crippen LogP contribution in [-0.4, -0.2) is 47.3 Å². The fourth-order valence-electron chi connectivity index (χ4n) is 2.45. The first kappa shape index (κ1) is 20.8. The van der Waals surface area contributed by atoms with Crippen LogP contribution in [0.25, 0.3) is 0 Å². The van der Waals surface area contributed by atoms with Gasteiger partial charge in [0.2, 0.25) is 0 Å². The molecule has 21 heavy (non-hydrogen) atoms. The van der Waals surface area contributed by atoms with Gasteiger partial charge < -0.3 is 19.7 Å². The molecule has 0 aliphatic rings. The molecular weight excluding hydrogens is 268 g/mol. The standard InChI is InChI=1S/C17H36O4/c1-7-14(11-20-12(5)15(18)8-2)17(10-4)21-13(6)16(19)9-3/h12-19H,7-11H2,1-6H3. The Labute approximate surface area is 130 Å². The maximum atomic E-state index is 9.86. The number of aliphatic hydroxyl groups excluding tert-OH is 2. The summed E-state index contributed by atoms with van der Waals surface area (Å²) in [5.74, 6) is 0.285. The van der Waals surface area contributed by atoms with Gasteiger partial charge in [0.05, 0.1) is 37.1 Å². The molecule has 0 aliphatic heterocycles. The highest BCUT2D eigenvalue weighted by Crippen LogP contribution is 2.20. The van der Waals surface area contributed by atoms with Gasteiger partial charge in [-0.25, -0.2) is 0 Å². The van der Waals surface area contributed by atoms with Crippen LogP contribution < -0.4 is 0 Å². The molecule has 0 aliphatic carbocycles. The second kappa shape index (κ2) is 11.4. The van der Waals surface area contributed by atoms with E-state index in [1.54, 1.807) is 0 Å². The van der Waals surface area contributed by atoms with Crippen LogP contribution in [0.3, 0.4) is 0 Å². The maximum absolute atomic E-state index is 9.86. The van der Waals surface area contributed by atoms with Crippen LogP contribution in [0.4, 0.5) is 0 Å². The monoisotopic (exact) mass is 304 g/mol. The van der Waals surface area contributed by atoms with E-state index in [0.717, 1.165) is 12.8 Å². The average Bonchev–Trinajstić information content (AvgIpc) is 2.51. The van der Waals surface area contributed by atoms with E-state index in [0.29, 0.717) is 19.4 Å². The van der Waals surface area contributed by atoms with Crippen molar-refractivity contribution in [3.8, 4) is 0 Å². The van der Waals surface area contributed by atoms with Gasteiger partial charge in [-0.05, 0) is 39.5 Å². The number of hydrogen-bond acceptors (Lipinski definition) is 4. The summed E-state index contributed by atoms with van der Waals surface area (Å²) >= 11 is 0. The summed E-state index contributed by atoms with van der Waals surface area (Å²) in [5.41, 5.74) is 0. The lowest BCUT2D eigenvalue weighted by Crippen LogP contribution is -2.36. The molecule has 0 saturated heterocycles. The third kappa shape index (κ3) is 7.59. The van der Waals surface area contributed by atoms with E-state index in [4.69, 9.17) is 9.47 Å². The second-order valence-electron chi connectivity index (χ2n) is 5.95. The third-order valence-electron chi connectivity index (χ3n) is 4.34. The van der Waals surface area contributed by atoms with E-state index in [1.807, 2.05) is 27.7 Å². The van der Waals surface area contributed by atoms with Crippen molar-refractivity contribution in [2.75, 3.05) is 6.61 Å². The molecule has 0 bridgehead atoms. The Kier molecular flexibility index (Phi) is 11.3. The molecule has 6 atom stereocenters. The summed E-state index contributed by atoms with van der Waals surface area (Å²) in [5, 5.41) is 19.6. The lowest BCUT2D eigenvalue weighted by molar-refractivity contribution is -0.113. The summed E-state index contributed by atoms with van der Waals surface area (Å²) in [6, 6.07) is 0. The van der Waals surface area contributed by atoms with Gasteiger partial charge in [0.1, 0.15) is 0 Å². The molecule has 0 aromatic rings. The molecule has 0 amide bonds. The highest BCUT2D eigenvalue weighted by Gasteiger charge is 2.25. The Morgan fingerprint density at radius 2 is 1.29 bits per heavy atom. The van der Waals surface area contributed by atoms with Gasteiger partial charge in [0, 0.05) is 5.92 Å². The minimum absolute atomic E-state index is 0.0807. The Hall–Kier alpha value is -0.160. The first-order valence-electron chi connectivity index (χ1n) is 8.54. The van der Waals surface area contributed by atoms with Gasteiger partial charge in [-0.15, -0.1) is 0 Å². The minimum atomic E-state index is -0.418. The van der Waals surface area contributed by atoms with Crippen LogP contribution in [0.5, 0.6) is 0 Å². The Morgan fingerprint density at radius 1 is 0.762 bits per heavy atom. The van der Waals surface area contributed by atoms with E-state index >= 15 is 0 Å².